The van der Waals surface area contributed by atoms with Crippen LogP contribution in [0, 0.1) is 0 Å². The summed E-state index contributed by atoms with van der Waals surface area (Å²) in [6.07, 6.45) is -46.2. The molecule has 111 heavy (non-hydrogen) atoms. The number of nitrogens with zero attached hydrogens (tertiary/aromatic N) is 9. The third-order valence-electron chi connectivity index (χ3n) is 17.0. The zero-order valence-electron chi connectivity index (χ0n) is 60.9. The van der Waals surface area contributed by atoms with E-state index in [0.29, 0.717) is 44.9 Å². The number of ether oxygens (including phenoxy) is 16. The van der Waals surface area contributed by atoms with Crippen LogP contribution in [0.1, 0.15) is 119 Å². The first-order valence-corrected chi connectivity index (χ1v) is 41.6. The summed E-state index contributed by atoms with van der Waals surface area (Å²) in [4.78, 5) is 49.9. The van der Waals surface area contributed by atoms with Gasteiger partial charge in [0.15, 0.2) is 49.8 Å². The van der Waals surface area contributed by atoms with Crippen molar-refractivity contribution in [1.29, 1.82) is 0 Å². The summed E-state index contributed by atoms with van der Waals surface area (Å²) < 4.78 is 300. The molecule has 5 aliphatic rings. The van der Waals surface area contributed by atoms with Crippen LogP contribution in [0.5, 0.6) is 0 Å². The van der Waals surface area contributed by atoms with Crippen molar-refractivity contribution in [2.75, 3.05) is 66.6 Å². The molecule has 7 N–H and O–H groups in total. The molecule has 50 nitrogen and oxygen atoms in total. The minimum atomic E-state index is -6.12. The van der Waals surface area contributed by atoms with Crippen molar-refractivity contribution in [3.05, 3.63) is 31.3 Å². The van der Waals surface area contributed by atoms with Crippen LogP contribution < -0.4 is 0 Å². The van der Waals surface area contributed by atoms with Crippen molar-refractivity contribution in [3.8, 4) is 0 Å². The summed E-state index contributed by atoms with van der Waals surface area (Å²) in [6, 6.07) is -6.13. The highest BCUT2D eigenvalue weighted by molar-refractivity contribution is 7.81. The number of azide groups is 3. The number of carboxylic acids is 2. The summed E-state index contributed by atoms with van der Waals surface area (Å²) in [7, 11) is -27.5. The van der Waals surface area contributed by atoms with Crippen molar-refractivity contribution in [2.45, 2.75) is 272 Å². The highest BCUT2D eigenvalue weighted by Gasteiger charge is 2.62. The molecule has 0 aromatic rings. The Balaban J connectivity index is 1.77. The zero-order valence-corrected chi connectivity index (χ0v) is 64.9. The lowest BCUT2D eigenvalue weighted by Crippen LogP contribution is -2.69. The van der Waals surface area contributed by atoms with E-state index < -0.39 is 249 Å². The highest BCUT2D eigenvalue weighted by Crippen LogP contribution is 2.42. The second kappa shape index (κ2) is 46.3. The summed E-state index contributed by atoms with van der Waals surface area (Å²) >= 11 is 0. The normalized spacial score (nSPS) is 33.0. The van der Waals surface area contributed by atoms with E-state index in [-0.39, 0.29) is 65.1 Å². The maximum Gasteiger partial charge on any atom is 0.397 e. The molecule has 0 saturated carbocycles. The van der Waals surface area contributed by atoms with E-state index in [1.807, 2.05) is 0 Å². The number of hydrogen-bond donors (Lipinski definition) is 7. The van der Waals surface area contributed by atoms with Crippen LogP contribution in [-0.4, -0.2) is 313 Å². The smallest absolute Gasteiger partial charge is 0.397 e. The topological polar surface area (TPSA) is 704 Å². The van der Waals surface area contributed by atoms with E-state index in [1.54, 1.807) is 41.5 Å². The molecule has 0 aromatic carbocycles. The minimum absolute atomic E-state index is 0.0247. The SMILES string of the molecule is CCCCOC1[C@H](O[C@H]2OC(COS(=O)(=O)O)[C@@H](O[C@@H]3OC(C(=O)C(=O)O)[C@@H](O[C@H]4OC(COS(=O)(=O)O)[C@@H](OCCCC)[C@H](OCCCC)C4N=[N+]=[N-])C(OCCCC)[C@@H]3OCCCC)[C@H](OS(=O)(=O)O)C2N=[N+]=[N-])C(C(=O)O)O[C@@H](O[C@@H]2C(COS(=O)(=O)O)O[C@H](OC)C(N=[N+]=[N-])[C@H]2OCCCC)[C@H]1OS(=O)(=O)O. The lowest BCUT2D eigenvalue weighted by molar-refractivity contribution is -0.377. The molecule has 0 aromatic heterocycles. The molecule has 0 spiro atoms. The van der Waals surface area contributed by atoms with Crippen molar-refractivity contribution in [3.63, 3.8) is 0 Å². The van der Waals surface area contributed by atoms with Crippen LogP contribution in [0.15, 0.2) is 15.3 Å². The van der Waals surface area contributed by atoms with Gasteiger partial charge in [-0.25, -0.2) is 30.5 Å². The molecule has 5 fully saturated rings. The maximum atomic E-state index is 14.5. The number of methoxy groups -OCH3 is 1. The Morgan fingerprint density at radius 1 is 0.360 bits per heavy atom. The second-order valence-corrected chi connectivity index (χ2v) is 30.3. The van der Waals surface area contributed by atoms with Gasteiger partial charge in [-0.1, -0.05) is 95.4 Å². The van der Waals surface area contributed by atoms with Gasteiger partial charge in [0.2, 0.25) is 0 Å². The van der Waals surface area contributed by atoms with E-state index in [4.69, 9.17) is 92.5 Å². The molecule has 0 radical (unpaired) electrons. The number of unbranched alkanes of at least 4 members (excludes halogenated alkanes) is 6. The number of Topliss-reactive ketones (excluding diaryl/α,β-unsaturated/α-hetero) is 1. The first-order chi connectivity index (χ1) is 52.4. The van der Waals surface area contributed by atoms with Gasteiger partial charge in [0, 0.05) is 61.5 Å². The fourth-order valence-electron chi connectivity index (χ4n) is 11.9. The molecule has 5 heterocycles. The van der Waals surface area contributed by atoms with E-state index in [2.05, 4.69) is 34.3 Å². The average Bonchev–Trinajstić information content (AvgIpc) is 0.756. The monoisotopic (exact) mass is 1710 g/mol. The number of hydrogen-bond acceptors (Lipinski definition) is 37. The van der Waals surface area contributed by atoms with Gasteiger partial charge < -0.3 is 86.0 Å². The molecule has 5 saturated heterocycles. The first-order valence-electron chi connectivity index (χ1n) is 34.8. The van der Waals surface area contributed by atoms with Gasteiger partial charge in [-0.3, -0.25) is 27.6 Å². The lowest BCUT2D eigenvalue weighted by atomic mass is 9.93. The van der Waals surface area contributed by atoms with Gasteiger partial charge in [0.1, 0.15) is 91.4 Å². The summed E-state index contributed by atoms with van der Waals surface area (Å²) in [5, 5.41) is 32.8. The van der Waals surface area contributed by atoms with Crippen LogP contribution in [0.4, 0.5) is 0 Å². The van der Waals surface area contributed by atoms with Gasteiger partial charge in [-0.05, 0) is 55.1 Å². The fourth-order valence-corrected chi connectivity index (χ4v) is 13.8. The van der Waals surface area contributed by atoms with Crippen molar-refractivity contribution >= 4 is 69.7 Å². The maximum absolute atomic E-state index is 14.5. The van der Waals surface area contributed by atoms with Crippen LogP contribution in [0.3, 0.4) is 0 Å². The van der Waals surface area contributed by atoms with Crippen LogP contribution >= 0.6 is 0 Å². The third kappa shape index (κ3) is 30.4. The number of ketones is 1. The Kier molecular flexibility index (Phi) is 40.4. The number of carbonyl (C=O) groups excluding carboxylic acids is 1. The van der Waals surface area contributed by atoms with E-state index in [1.165, 1.54) is 0 Å². The highest BCUT2D eigenvalue weighted by atomic mass is 32.3. The number of rotatable bonds is 52. The molecule has 10 unspecified atom stereocenters. The van der Waals surface area contributed by atoms with E-state index in [9.17, 15) is 106 Å². The van der Waals surface area contributed by atoms with Gasteiger partial charge in [-0.2, -0.15) is 42.1 Å². The lowest BCUT2D eigenvalue weighted by Gasteiger charge is -2.51. The molecular weight excluding hydrogens is 1610 g/mol. The Bertz CT molecular complexity index is 3680. The standard InChI is InChI=1S/C56H95N9O41S5/c1-8-14-20-87-36-29(26-93-107(71,72)73)97-53(33(61-64-58)39(36)88-21-15-9-2)102-45-42(35(66)50(67)68)101-55(48(92-25-19-13-6)43(45)90-23-17-11-4)100-38-31(28-95-109(77,78)79)98-54(34(62-65-59)41(38)105-110(80,81)82)103-46-44(91-24-18-12-5)49(106-111(83,84)85)56(104-47(46)51(69)70)99-37-30(27-94-108(74,75)76)96-52(86-7)32(60-63-57)40(37)89-22-16-10-3/h29-34,36-49,52-56H,8-28H2,1-7H3,(H,67,68)(H,69,70)(H,71,72,73)(H,74,75,76)(H,77,78,79)(H,80,81,82)(H,83,84,85)/t29?,30?,31?,32?,33?,34?,36-,37-,38-,39-,40-,41-,42?,43?,44?,45-,46+,47?,48+,49+,52+,53-,54-,55-,56-/m1/s1. The molecule has 0 aliphatic carbocycles. The van der Waals surface area contributed by atoms with Crippen molar-refractivity contribution in [1.82, 2.24) is 0 Å². The molecule has 25 atom stereocenters. The molecular formula is C56H95N9O41S5. The first kappa shape index (κ1) is 96.8. The second-order valence-electron chi connectivity index (χ2n) is 25.0. The predicted octanol–water partition coefficient (Wildman–Crippen LogP) is 2.52. The van der Waals surface area contributed by atoms with E-state index >= 15 is 0 Å². The predicted molar refractivity (Wildman–Crippen MR) is 362 cm³/mol. The van der Waals surface area contributed by atoms with Crippen LogP contribution in [0.25, 0.3) is 31.3 Å². The van der Waals surface area contributed by atoms with Gasteiger partial charge >= 0.3 is 63.9 Å². The number of aliphatic carboxylic acids is 2. The third-order valence-corrected chi connectivity index (χ3v) is 19.2. The Labute approximate surface area is 638 Å². The van der Waals surface area contributed by atoms with Gasteiger partial charge in [0.05, 0.1) is 32.0 Å². The number of carbonyl (C=O) groups is 3. The van der Waals surface area contributed by atoms with E-state index in [0.717, 1.165) is 7.11 Å². The molecule has 0 bridgehead atoms. The quantitative estimate of drug-likeness (QED) is 0.0115. The Hall–Kier alpha value is -4.75. The molecule has 0 amide bonds. The Morgan fingerprint density at radius 3 is 1.03 bits per heavy atom. The Morgan fingerprint density at radius 2 is 0.658 bits per heavy atom. The average molecular weight is 1710 g/mol. The van der Waals surface area contributed by atoms with Gasteiger partial charge in [-0.15, -0.1) is 0 Å². The van der Waals surface area contributed by atoms with Crippen molar-refractivity contribution in [2.24, 2.45) is 15.3 Å². The van der Waals surface area contributed by atoms with Crippen molar-refractivity contribution < 1.29 is 186 Å². The molecule has 5 rings (SSSR count). The summed E-state index contributed by atoms with van der Waals surface area (Å²) in [5.74, 6) is -6.41. The molecule has 55 heteroatoms. The summed E-state index contributed by atoms with van der Waals surface area (Å²) in [6.45, 7) is 4.52. The van der Waals surface area contributed by atoms with Crippen LogP contribution in [-0.2, 0) is 163 Å². The van der Waals surface area contributed by atoms with Gasteiger partial charge in [0.25, 0.3) is 5.78 Å². The fraction of sp³-hybridized carbons (Fsp3) is 0.946. The zero-order chi connectivity index (χ0) is 82.6. The number of carboxylic acid groups (broad SMARTS) is 2. The largest absolute Gasteiger partial charge is 0.479 e. The summed E-state index contributed by atoms with van der Waals surface area (Å²) in [5.41, 5.74) is 30.2. The molecule has 5 aliphatic heterocycles. The minimum Gasteiger partial charge on any atom is -0.479 e. The molecule has 640 valence electrons. The van der Waals surface area contributed by atoms with Crippen LogP contribution in [0.2, 0.25) is 0 Å².